The van der Waals surface area contributed by atoms with Crippen molar-refractivity contribution < 1.29 is 4.79 Å². The fourth-order valence-electron chi connectivity index (χ4n) is 3.69. The lowest BCUT2D eigenvalue weighted by Gasteiger charge is -2.22. The average molecular weight is 345 g/mol. The number of aromatic nitrogens is 2. The fourth-order valence-corrected chi connectivity index (χ4v) is 3.88. The van der Waals surface area contributed by atoms with Gasteiger partial charge in [0, 0.05) is 17.8 Å². The van der Waals surface area contributed by atoms with E-state index in [2.05, 4.69) is 15.7 Å². The lowest BCUT2D eigenvalue weighted by molar-refractivity contribution is 0.0930. The van der Waals surface area contributed by atoms with Crippen molar-refractivity contribution in [1.82, 2.24) is 20.4 Å². The number of benzene rings is 1. The van der Waals surface area contributed by atoms with Crippen LogP contribution in [0.4, 0.5) is 0 Å². The van der Waals surface area contributed by atoms with E-state index >= 15 is 0 Å². The Hall–Kier alpha value is -1.85. The van der Waals surface area contributed by atoms with Crippen LogP contribution >= 0.6 is 11.6 Å². The summed E-state index contributed by atoms with van der Waals surface area (Å²) in [4.78, 5) is 12.5. The highest BCUT2D eigenvalue weighted by Crippen LogP contribution is 2.33. The predicted octanol–water partition coefficient (Wildman–Crippen LogP) is 2.88. The van der Waals surface area contributed by atoms with Crippen LogP contribution in [0.5, 0.6) is 0 Å². The molecule has 0 spiro atoms. The summed E-state index contributed by atoms with van der Waals surface area (Å²) in [6, 6.07) is 8.09. The van der Waals surface area contributed by atoms with Crippen LogP contribution in [0.1, 0.15) is 53.0 Å². The Balaban J connectivity index is 1.45. The van der Waals surface area contributed by atoms with Gasteiger partial charge in [0.15, 0.2) is 0 Å². The quantitative estimate of drug-likeness (QED) is 0.900. The van der Waals surface area contributed by atoms with Gasteiger partial charge in [-0.1, -0.05) is 17.7 Å². The van der Waals surface area contributed by atoms with Gasteiger partial charge in [-0.3, -0.25) is 9.48 Å². The van der Waals surface area contributed by atoms with Crippen LogP contribution in [0.15, 0.2) is 30.5 Å². The zero-order chi connectivity index (χ0) is 16.5. The standard InChI is InChI=1S/C18H21ClN4O/c19-13-4-5-15-12(10-13)3-6-16(15)21-18(24)17-7-9-23(22-17)14-2-1-8-20-11-14/h4-5,7,9-10,14,16,20H,1-3,6,8,11H2,(H,21,24). The molecule has 2 unspecified atom stereocenters. The molecule has 1 amide bonds. The first kappa shape index (κ1) is 15.7. The molecule has 6 heteroatoms. The molecule has 1 aromatic heterocycles. The molecule has 2 aromatic rings. The van der Waals surface area contributed by atoms with Gasteiger partial charge < -0.3 is 10.6 Å². The third kappa shape index (κ3) is 3.06. The van der Waals surface area contributed by atoms with E-state index in [0.717, 1.165) is 43.8 Å². The zero-order valence-corrected chi connectivity index (χ0v) is 14.2. The van der Waals surface area contributed by atoms with Crippen LogP contribution in [-0.4, -0.2) is 28.8 Å². The average Bonchev–Trinajstić information content (AvgIpc) is 3.23. The second-order valence-corrected chi connectivity index (χ2v) is 7.03. The van der Waals surface area contributed by atoms with Gasteiger partial charge >= 0.3 is 0 Å². The fraction of sp³-hybridized carbons (Fsp3) is 0.444. The summed E-state index contributed by atoms with van der Waals surface area (Å²) in [5.41, 5.74) is 2.89. The number of rotatable bonds is 3. The maximum Gasteiger partial charge on any atom is 0.272 e. The third-order valence-electron chi connectivity index (χ3n) is 4.97. The van der Waals surface area contributed by atoms with E-state index in [0.29, 0.717) is 11.7 Å². The molecule has 1 aliphatic heterocycles. The summed E-state index contributed by atoms with van der Waals surface area (Å²) in [5, 5.41) is 11.7. The van der Waals surface area contributed by atoms with Crippen LogP contribution in [-0.2, 0) is 6.42 Å². The van der Waals surface area contributed by atoms with E-state index in [-0.39, 0.29) is 11.9 Å². The Kier molecular flexibility index (Phi) is 4.29. The zero-order valence-electron chi connectivity index (χ0n) is 13.5. The van der Waals surface area contributed by atoms with Crippen molar-refractivity contribution in [3.8, 4) is 0 Å². The molecule has 0 radical (unpaired) electrons. The first-order chi connectivity index (χ1) is 11.7. The van der Waals surface area contributed by atoms with Gasteiger partial charge in [-0.25, -0.2) is 0 Å². The van der Waals surface area contributed by atoms with Crippen molar-refractivity contribution in [3.05, 3.63) is 52.3 Å². The van der Waals surface area contributed by atoms with Crippen molar-refractivity contribution in [1.29, 1.82) is 0 Å². The number of carbonyl (C=O) groups excluding carboxylic acids is 1. The molecule has 4 rings (SSSR count). The van der Waals surface area contributed by atoms with Crippen LogP contribution in [0, 0.1) is 0 Å². The van der Waals surface area contributed by atoms with Crippen molar-refractivity contribution in [2.75, 3.05) is 13.1 Å². The topological polar surface area (TPSA) is 59.0 Å². The number of carbonyl (C=O) groups is 1. The van der Waals surface area contributed by atoms with E-state index in [1.165, 1.54) is 11.1 Å². The van der Waals surface area contributed by atoms with Gasteiger partial charge in [0.25, 0.3) is 5.91 Å². The number of aryl methyl sites for hydroxylation is 1. The molecule has 24 heavy (non-hydrogen) atoms. The molecule has 2 heterocycles. The number of hydrogen-bond acceptors (Lipinski definition) is 3. The normalized spacial score (nSPS) is 23.0. The molecule has 0 bridgehead atoms. The number of halogens is 1. The van der Waals surface area contributed by atoms with Crippen LogP contribution in [0.25, 0.3) is 0 Å². The number of amides is 1. The molecule has 1 aliphatic carbocycles. The van der Waals surface area contributed by atoms with E-state index in [4.69, 9.17) is 11.6 Å². The summed E-state index contributed by atoms with van der Waals surface area (Å²) in [6.07, 6.45) is 6.02. The second-order valence-electron chi connectivity index (χ2n) is 6.59. The molecule has 1 aromatic carbocycles. The minimum Gasteiger partial charge on any atom is -0.344 e. The first-order valence-corrected chi connectivity index (χ1v) is 8.93. The maximum absolute atomic E-state index is 12.5. The van der Waals surface area contributed by atoms with Gasteiger partial charge in [0.1, 0.15) is 5.69 Å². The summed E-state index contributed by atoms with van der Waals surface area (Å²) < 4.78 is 1.92. The summed E-state index contributed by atoms with van der Waals surface area (Å²) in [5.74, 6) is -0.106. The highest BCUT2D eigenvalue weighted by molar-refractivity contribution is 6.30. The highest BCUT2D eigenvalue weighted by atomic mass is 35.5. The predicted molar refractivity (Wildman–Crippen MR) is 93.3 cm³/mol. The molecule has 1 saturated heterocycles. The lowest BCUT2D eigenvalue weighted by Crippen LogP contribution is -2.32. The van der Waals surface area contributed by atoms with Crippen molar-refractivity contribution in [2.45, 2.75) is 37.8 Å². The second kappa shape index (κ2) is 6.57. The monoisotopic (exact) mass is 344 g/mol. The number of nitrogens with one attached hydrogen (secondary N) is 2. The SMILES string of the molecule is O=C(NC1CCc2cc(Cl)ccc21)c1ccn(C2CCCNC2)n1. The van der Waals surface area contributed by atoms with Crippen LogP contribution in [0.2, 0.25) is 5.02 Å². The molecule has 5 nitrogen and oxygen atoms in total. The molecular formula is C18H21ClN4O. The molecule has 2 aliphatic rings. The van der Waals surface area contributed by atoms with Crippen molar-refractivity contribution in [3.63, 3.8) is 0 Å². The molecule has 0 saturated carbocycles. The lowest BCUT2D eigenvalue weighted by atomic mass is 10.1. The van der Waals surface area contributed by atoms with Crippen LogP contribution < -0.4 is 10.6 Å². The number of piperidine rings is 1. The van der Waals surface area contributed by atoms with Gasteiger partial charge in [0.2, 0.25) is 0 Å². The first-order valence-electron chi connectivity index (χ1n) is 8.56. The summed E-state index contributed by atoms with van der Waals surface area (Å²) >= 11 is 6.04. The van der Waals surface area contributed by atoms with Gasteiger partial charge in [-0.2, -0.15) is 5.10 Å². The van der Waals surface area contributed by atoms with E-state index < -0.39 is 0 Å². The van der Waals surface area contributed by atoms with Crippen molar-refractivity contribution >= 4 is 17.5 Å². The van der Waals surface area contributed by atoms with Gasteiger partial charge in [0.05, 0.1) is 12.1 Å². The number of nitrogens with zero attached hydrogens (tertiary/aromatic N) is 2. The smallest absolute Gasteiger partial charge is 0.272 e. The largest absolute Gasteiger partial charge is 0.344 e. The Labute approximate surface area is 146 Å². The van der Waals surface area contributed by atoms with E-state index in [1.54, 1.807) is 0 Å². The minimum absolute atomic E-state index is 0.0475. The Morgan fingerprint density at radius 3 is 3.08 bits per heavy atom. The number of fused-ring (bicyclic) bond motifs is 1. The van der Waals surface area contributed by atoms with Gasteiger partial charge in [-0.15, -0.1) is 0 Å². The third-order valence-corrected chi connectivity index (χ3v) is 5.21. The van der Waals surface area contributed by atoms with E-state index in [1.807, 2.05) is 35.1 Å². The Morgan fingerprint density at radius 1 is 1.33 bits per heavy atom. The minimum atomic E-state index is -0.106. The Morgan fingerprint density at radius 2 is 2.25 bits per heavy atom. The maximum atomic E-state index is 12.5. The van der Waals surface area contributed by atoms with Crippen LogP contribution in [0.3, 0.4) is 0 Å². The summed E-state index contributed by atoms with van der Waals surface area (Å²) in [7, 11) is 0. The Bertz CT molecular complexity index is 751. The summed E-state index contributed by atoms with van der Waals surface area (Å²) in [6.45, 7) is 1.98. The molecule has 126 valence electrons. The van der Waals surface area contributed by atoms with E-state index in [9.17, 15) is 4.79 Å². The molecular weight excluding hydrogens is 324 g/mol. The van der Waals surface area contributed by atoms with Gasteiger partial charge in [-0.05, 0) is 61.6 Å². The van der Waals surface area contributed by atoms with Crippen molar-refractivity contribution in [2.24, 2.45) is 0 Å². The molecule has 1 fully saturated rings. The molecule has 2 N–H and O–H groups in total. The molecule has 2 atom stereocenters. The number of hydrogen-bond donors (Lipinski definition) is 2. The highest BCUT2D eigenvalue weighted by Gasteiger charge is 2.25.